The number of nitrogens with one attached hydrogen (secondary N) is 2. The molecule has 0 aromatic carbocycles. The number of anilines is 1. The molecule has 1 aromatic heterocycles. The first-order chi connectivity index (χ1) is 8.26. The van der Waals surface area contributed by atoms with Gasteiger partial charge in [0.15, 0.2) is 5.82 Å². The smallest absolute Gasteiger partial charge is 0.244 e. The van der Waals surface area contributed by atoms with Gasteiger partial charge in [0, 0.05) is 12.7 Å². The number of nitrogens with zero attached hydrogens (tertiary/aromatic N) is 1. The van der Waals surface area contributed by atoms with Crippen LogP contribution in [-0.4, -0.2) is 34.1 Å². The summed E-state index contributed by atoms with van der Waals surface area (Å²) in [5, 5.41) is 4.75. The maximum absolute atomic E-state index is 11.8. The second-order valence-corrected chi connectivity index (χ2v) is 6.73. The Kier molecular flexibility index (Phi) is 4.59. The van der Waals surface area contributed by atoms with Gasteiger partial charge in [0.1, 0.15) is 4.90 Å². The molecule has 6 N–H and O–H groups in total. The molecule has 0 radical (unpaired) electrons. The number of sulfonamides is 2. The zero-order valence-corrected chi connectivity index (χ0v) is 10.8. The van der Waals surface area contributed by atoms with E-state index in [4.69, 9.17) is 11.0 Å². The predicted octanol–water partition coefficient (Wildman–Crippen LogP) is -2.07. The molecule has 0 fully saturated rings. The molecule has 0 saturated carbocycles. The third-order valence-electron chi connectivity index (χ3n) is 1.88. The first-order valence-corrected chi connectivity index (χ1v) is 7.88. The lowest BCUT2D eigenvalue weighted by molar-refractivity contribution is 0.581. The van der Waals surface area contributed by atoms with Crippen molar-refractivity contribution in [1.29, 1.82) is 0 Å². The summed E-state index contributed by atoms with van der Waals surface area (Å²) in [6, 6.07) is 2.69. The van der Waals surface area contributed by atoms with Gasteiger partial charge in [-0.1, -0.05) is 0 Å². The first-order valence-electron chi connectivity index (χ1n) is 4.68. The molecule has 102 valence electrons. The van der Waals surface area contributed by atoms with Crippen molar-refractivity contribution in [2.45, 2.75) is 4.90 Å². The fourth-order valence-corrected chi connectivity index (χ4v) is 2.78. The number of pyridine rings is 1. The van der Waals surface area contributed by atoms with Gasteiger partial charge in [-0.3, -0.25) is 0 Å². The van der Waals surface area contributed by atoms with Crippen molar-refractivity contribution in [3.8, 4) is 0 Å². The first kappa shape index (κ1) is 14.8. The van der Waals surface area contributed by atoms with Crippen LogP contribution in [0.1, 0.15) is 0 Å². The number of aromatic nitrogens is 1. The zero-order valence-electron chi connectivity index (χ0n) is 9.20. The number of primary sulfonamides is 1. The van der Waals surface area contributed by atoms with Crippen molar-refractivity contribution in [3.63, 3.8) is 0 Å². The van der Waals surface area contributed by atoms with Gasteiger partial charge < -0.3 is 5.43 Å². The van der Waals surface area contributed by atoms with Gasteiger partial charge in [0.25, 0.3) is 0 Å². The van der Waals surface area contributed by atoms with Crippen LogP contribution in [0.3, 0.4) is 0 Å². The molecular formula is C7H13N5O4S2. The van der Waals surface area contributed by atoms with E-state index in [1.54, 1.807) is 0 Å². The molecule has 0 aliphatic heterocycles. The minimum atomic E-state index is -3.90. The van der Waals surface area contributed by atoms with E-state index in [2.05, 4.69) is 15.1 Å². The second kappa shape index (κ2) is 5.58. The van der Waals surface area contributed by atoms with Crippen molar-refractivity contribution in [2.24, 2.45) is 11.0 Å². The fourth-order valence-electron chi connectivity index (χ4n) is 1.11. The van der Waals surface area contributed by atoms with Crippen LogP contribution in [0, 0.1) is 0 Å². The Bertz CT molecular complexity index is 612. The summed E-state index contributed by atoms with van der Waals surface area (Å²) in [7, 11) is -7.63. The third kappa shape index (κ3) is 4.19. The molecule has 0 aliphatic rings. The highest BCUT2D eigenvalue weighted by Gasteiger charge is 2.19. The molecule has 0 unspecified atom stereocenters. The van der Waals surface area contributed by atoms with Gasteiger partial charge in [-0.25, -0.2) is 37.5 Å². The maximum atomic E-state index is 11.8. The van der Waals surface area contributed by atoms with Gasteiger partial charge in [-0.2, -0.15) is 0 Å². The molecule has 0 saturated heterocycles. The SMILES string of the molecule is NNc1ncccc1S(=O)(=O)NCCS(N)(=O)=O. The lowest BCUT2D eigenvalue weighted by Gasteiger charge is -2.09. The average molecular weight is 295 g/mol. The highest BCUT2D eigenvalue weighted by Crippen LogP contribution is 2.16. The minimum absolute atomic E-state index is 0.0411. The number of hydrazine groups is 1. The summed E-state index contributed by atoms with van der Waals surface area (Å²) in [6.45, 7) is -0.333. The predicted molar refractivity (Wildman–Crippen MR) is 65.2 cm³/mol. The highest BCUT2D eigenvalue weighted by molar-refractivity contribution is 7.90. The molecule has 0 amide bonds. The van der Waals surface area contributed by atoms with Gasteiger partial charge in [-0.15, -0.1) is 0 Å². The van der Waals surface area contributed by atoms with Crippen LogP contribution in [0.4, 0.5) is 5.82 Å². The lowest BCUT2D eigenvalue weighted by Crippen LogP contribution is -2.32. The van der Waals surface area contributed by atoms with Crippen LogP contribution in [0.5, 0.6) is 0 Å². The molecule has 0 bridgehead atoms. The second-order valence-electron chi connectivity index (χ2n) is 3.26. The van der Waals surface area contributed by atoms with Crippen LogP contribution in [0.2, 0.25) is 0 Å². The monoisotopic (exact) mass is 295 g/mol. The Morgan fingerprint density at radius 2 is 1.94 bits per heavy atom. The molecule has 18 heavy (non-hydrogen) atoms. The molecule has 11 heteroatoms. The number of nitrogen functional groups attached to an aromatic ring is 1. The number of rotatable bonds is 6. The van der Waals surface area contributed by atoms with E-state index >= 15 is 0 Å². The van der Waals surface area contributed by atoms with E-state index in [-0.39, 0.29) is 17.3 Å². The normalized spacial score (nSPS) is 12.3. The molecule has 0 spiro atoms. The Labute approximate surface area is 105 Å². The van der Waals surface area contributed by atoms with Gasteiger partial charge >= 0.3 is 0 Å². The number of hydrogen-bond donors (Lipinski definition) is 4. The van der Waals surface area contributed by atoms with Crippen LogP contribution in [-0.2, 0) is 20.0 Å². The van der Waals surface area contributed by atoms with Crippen molar-refractivity contribution < 1.29 is 16.8 Å². The van der Waals surface area contributed by atoms with Crippen molar-refractivity contribution in [3.05, 3.63) is 18.3 Å². The van der Waals surface area contributed by atoms with Crippen LogP contribution < -0.4 is 21.1 Å². The third-order valence-corrected chi connectivity index (χ3v) is 4.14. The molecule has 0 aliphatic carbocycles. The Balaban J connectivity index is 2.87. The Morgan fingerprint density at radius 3 is 2.50 bits per heavy atom. The summed E-state index contributed by atoms with van der Waals surface area (Å²) >= 11 is 0. The van der Waals surface area contributed by atoms with E-state index in [9.17, 15) is 16.8 Å². The Morgan fingerprint density at radius 1 is 1.28 bits per heavy atom. The summed E-state index contributed by atoms with van der Waals surface area (Å²) in [4.78, 5) is 3.54. The van der Waals surface area contributed by atoms with Crippen molar-refractivity contribution in [2.75, 3.05) is 17.7 Å². The van der Waals surface area contributed by atoms with Crippen molar-refractivity contribution in [1.82, 2.24) is 9.71 Å². The highest BCUT2D eigenvalue weighted by atomic mass is 32.2. The molecule has 1 rings (SSSR count). The molecular weight excluding hydrogens is 282 g/mol. The van der Waals surface area contributed by atoms with E-state index in [1.807, 2.05) is 0 Å². The maximum Gasteiger partial charge on any atom is 0.244 e. The fraction of sp³-hybridized carbons (Fsp3) is 0.286. The topological polar surface area (TPSA) is 157 Å². The summed E-state index contributed by atoms with van der Waals surface area (Å²) in [6.07, 6.45) is 1.36. The van der Waals surface area contributed by atoms with E-state index in [1.165, 1.54) is 18.3 Å². The minimum Gasteiger partial charge on any atom is -0.307 e. The summed E-state index contributed by atoms with van der Waals surface area (Å²) in [5.74, 6) is 4.58. The molecule has 1 aromatic rings. The molecule has 1 heterocycles. The van der Waals surface area contributed by atoms with Gasteiger partial charge in [-0.05, 0) is 12.1 Å². The summed E-state index contributed by atoms with van der Waals surface area (Å²) in [5.41, 5.74) is 2.14. The van der Waals surface area contributed by atoms with Crippen LogP contribution >= 0.6 is 0 Å². The van der Waals surface area contributed by atoms with Crippen molar-refractivity contribution >= 4 is 25.9 Å². The van der Waals surface area contributed by atoms with E-state index in [0.29, 0.717) is 0 Å². The van der Waals surface area contributed by atoms with Crippen LogP contribution in [0.15, 0.2) is 23.2 Å². The quantitative estimate of drug-likeness (QED) is 0.347. The van der Waals surface area contributed by atoms with E-state index < -0.39 is 25.8 Å². The van der Waals surface area contributed by atoms with Gasteiger partial charge in [0.05, 0.1) is 5.75 Å². The Hall–Kier alpha value is -1.27. The molecule has 9 nitrogen and oxygen atoms in total. The summed E-state index contributed by atoms with van der Waals surface area (Å²) < 4.78 is 47.1. The standard InChI is InChI=1S/C7H13N5O4S2/c8-12-7-6(2-1-3-10-7)18(15,16)11-4-5-17(9,13)14/h1-3,11H,4-5,8H2,(H,10,12)(H2,9,13,14). The van der Waals surface area contributed by atoms with Gasteiger partial charge in [0.2, 0.25) is 20.0 Å². The average Bonchev–Trinajstić information content (AvgIpc) is 2.27. The van der Waals surface area contributed by atoms with Crippen LogP contribution in [0.25, 0.3) is 0 Å². The van der Waals surface area contributed by atoms with E-state index in [0.717, 1.165) is 0 Å². The lowest BCUT2D eigenvalue weighted by atomic mass is 10.5. The number of nitrogens with two attached hydrogens (primary N) is 2. The zero-order chi connectivity index (χ0) is 13.8. The largest absolute Gasteiger partial charge is 0.307 e. The number of hydrogen-bond acceptors (Lipinski definition) is 7. The molecule has 0 atom stereocenters.